The molecule has 0 saturated heterocycles. The number of nitrogens with one attached hydrogen (secondary N) is 1. The fourth-order valence-electron chi connectivity index (χ4n) is 0.490. The van der Waals surface area contributed by atoms with Crippen molar-refractivity contribution in [3.63, 3.8) is 0 Å². The number of rotatable bonds is 1. The molecule has 0 aromatic carbocycles. The Balaban J connectivity index is 3.16. The Hall–Kier alpha value is -0.810. The van der Waals surface area contributed by atoms with Gasteiger partial charge < -0.3 is 10.8 Å². The van der Waals surface area contributed by atoms with Crippen molar-refractivity contribution in [3.8, 4) is 5.88 Å². The van der Waals surface area contributed by atoms with Crippen LogP contribution in [0.5, 0.6) is 5.88 Å². The summed E-state index contributed by atoms with van der Waals surface area (Å²) in [6.07, 6.45) is 0. The van der Waals surface area contributed by atoms with Gasteiger partial charge in [0.15, 0.2) is 0 Å². The molecule has 0 unspecified atom stereocenters. The first-order valence-corrected chi connectivity index (χ1v) is 3.16. The van der Waals surface area contributed by atoms with Crippen LogP contribution >= 0.6 is 11.3 Å². The van der Waals surface area contributed by atoms with Crippen LogP contribution in [0, 0.1) is 0 Å². The molecule has 0 aliphatic heterocycles. The van der Waals surface area contributed by atoms with E-state index in [1.807, 2.05) is 0 Å². The summed E-state index contributed by atoms with van der Waals surface area (Å²) >= 11 is 0.928. The molecule has 0 aliphatic rings. The van der Waals surface area contributed by atoms with Crippen molar-refractivity contribution in [3.05, 3.63) is 14.5 Å². The third kappa shape index (κ3) is 1.11. The van der Waals surface area contributed by atoms with Crippen LogP contribution in [-0.2, 0) is 6.54 Å². The maximum atomic E-state index is 10.4. The molecule has 1 aromatic rings. The van der Waals surface area contributed by atoms with Gasteiger partial charge in [0.2, 0.25) is 5.88 Å². The Morgan fingerprint density at radius 2 is 2.44 bits per heavy atom. The zero-order valence-electron chi connectivity index (χ0n) is 4.55. The Morgan fingerprint density at radius 1 is 1.78 bits per heavy atom. The maximum absolute atomic E-state index is 10.4. The second-order valence-electron chi connectivity index (χ2n) is 1.49. The molecule has 0 spiro atoms. The van der Waals surface area contributed by atoms with Gasteiger partial charge in [0.1, 0.15) is 0 Å². The summed E-state index contributed by atoms with van der Waals surface area (Å²) in [5, 5.41) is 8.81. The molecule has 0 atom stereocenters. The Morgan fingerprint density at radius 3 is 2.67 bits per heavy atom. The van der Waals surface area contributed by atoms with E-state index in [0.717, 1.165) is 11.3 Å². The van der Waals surface area contributed by atoms with E-state index in [0.29, 0.717) is 4.88 Å². The Bertz CT molecular complexity index is 251. The zero-order valence-corrected chi connectivity index (χ0v) is 5.36. The minimum atomic E-state index is -0.270. The van der Waals surface area contributed by atoms with E-state index < -0.39 is 0 Å². The molecule has 0 aliphatic carbocycles. The Labute approximate surface area is 55.0 Å². The highest BCUT2D eigenvalue weighted by Gasteiger charge is 2.01. The Kier molecular flexibility index (Phi) is 1.54. The largest absolute Gasteiger partial charge is 0.494 e. The molecule has 1 aromatic heterocycles. The van der Waals surface area contributed by atoms with Crippen LogP contribution in [0.1, 0.15) is 4.88 Å². The van der Waals surface area contributed by atoms with E-state index in [4.69, 9.17) is 10.8 Å². The molecule has 50 valence electrons. The summed E-state index contributed by atoms with van der Waals surface area (Å²) in [7, 11) is 0. The summed E-state index contributed by atoms with van der Waals surface area (Å²) in [6, 6.07) is 0. The first-order chi connectivity index (χ1) is 4.24. The van der Waals surface area contributed by atoms with E-state index >= 15 is 0 Å². The summed E-state index contributed by atoms with van der Waals surface area (Å²) < 4.78 is 0. The molecule has 0 saturated carbocycles. The molecule has 0 fully saturated rings. The van der Waals surface area contributed by atoms with Gasteiger partial charge in [-0.2, -0.15) is 0 Å². The first kappa shape index (κ1) is 6.31. The van der Waals surface area contributed by atoms with Crippen molar-refractivity contribution in [2.24, 2.45) is 5.73 Å². The molecule has 9 heavy (non-hydrogen) atoms. The number of thiazole rings is 1. The van der Waals surface area contributed by atoms with Crippen LogP contribution in [0.15, 0.2) is 4.79 Å². The number of hydrogen-bond donors (Lipinski definition) is 3. The molecule has 1 heterocycles. The fourth-order valence-corrected chi connectivity index (χ4v) is 1.09. The third-order valence-electron chi connectivity index (χ3n) is 0.886. The van der Waals surface area contributed by atoms with Crippen LogP contribution < -0.4 is 10.6 Å². The van der Waals surface area contributed by atoms with Gasteiger partial charge in [-0.25, -0.2) is 0 Å². The van der Waals surface area contributed by atoms with Crippen molar-refractivity contribution in [2.75, 3.05) is 0 Å². The monoisotopic (exact) mass is 146 g/mol. The van der Waals surface area contributed by atoms with Crippen LogP contribution in [0.2, 0.25) is 0 Å². The summed E-state index contributed by atoms with van der Waals surface area (Å²) in [5.74, 6) is -0.104. The summed E-state index contributed by atoms with van der Waals surface area (Å²) in [4.78, 5) is 12.8. The SMILES string of the molecule is NCc1sc(=O)[nH]c1O. The molecule has 5 heteroatoms. The zero-order chi connectivity index (χ0) is 6.85. The lowest BCUT2D eigenvalue weighted by Gasteiger charge is -1.85. The molecule has 1 rings (SSSR count). The predicted molar refractivity (Wildman–Crippen MR) is 34.5 cm³/mol. The molecule has 0 bridgehead atoms. The molecular weight excluding hydrogens is 140 g/mol. The van der Waals surface area contributed by atoms with Gasteiger partial charge in [0.05, 0.1) is 4.88 Å². The third-order valence-corrected chi connectivity index (χ3v) is 1.78. The number of hydrogen-bond acceptors (Lipinski definition) is 4. The molecular formula is C4H6N2O2S. The number of aromatic amines is 1. The highest BCUT2D eigenvalue weighted by Crippen LogP contribution is 2.13. The van der Waals surface area contributed by atoms with Gasteiger partial charge >= 0.3 is 4.87 Å². The number of aromatic hydroxyl groups is 1. The van der Waals surface area contributed by atoms with Crippen LogP contribution in [-0.4, -0.2) is 10.1 Å². The highest BCUT2D eigenvalue weighted by molar-refractivity contribution is 7.09. The minimum Gasteiger partial charge on any atom is -0.494 e. The second kappa shape index (κ2) is 2.20. The molecule has 4 N–H and O–H groups in total. The maximum Gasteiger partial charge on any atom is 0.307 e. The van der Waals surface area contributed by atoms with Crippen molar-refractivity contribution in [2.45, 2.75) is 6.54 Å². The van der Waals surface area contributed by atoms with Crippen LogP contribution in [0.25, 0.3) is 0 Å². The lowest BCUT2D eigenvalue weighted by molar-refractivity contribution is 0.450. The van der Waals surface area contributed by atoms with Crippen LogP contribution in [0.4, 0.5) is 0 Å². The summed E-state index contributed by atoms with van der Waals surface area (Å²) in [6.45, 7) is 0.204. The van der Waals surface area contributed by atoms with E-state index in [1.54, 1.807) is 0 Å². The topological polar surface area (TPSA) is 79.1 Å². The molecule has 4 nitrogen and oxygen atoms in total. The van der Waals surface area contributed by atoms with Crippen molar-refractivity contribution in [1.29, 1.82) is 0 Å². The van der Waals surface area contributed by atoms with E-state index in [2.05, 4.69) is 4.98 Å². The van der Waals surface area contributed by atoms with Gasteiger partial charge in [-0.05, 0) is 0 Å². The van der Waals surface area contributed by atoms with Crippen molar-refractivity contribution >= 4 is 11.3 Å². The minimum absolute atomic E-state index is 0.104. The van der Waals surface area contributed by atoms with Crippen LogP contribution in [0.3, 0.4) is 0 Å². The van der Waals surface area contributed by atoms with Crippen molar-refractivity contribution in [1.82, 2.24) is 4.98 Å². The van der Waals surface area contributed by atoms with E-state index in [1.165, 1.54) is 0 Å². The van der Waals surface area contributed by atoms with Gasteiger partial charge in [0, 0.05) is 6.54 Å². The number of nitrogens with two attached hydrogens (primary N) is 1. The smallest absolute Gasteiger partial charge is 0.307 e. The lowest BCUT2D eigenvalue weighted by atomic mass is 10.5. The number of H-pyrrole nitrogens is 1. The molecule has 0 amide bonds. The van der Waals surface area contributed by atoms with Crippen molar-refractivity contribution < 1.29 is 5.11 Å². The molecule has 0 radical (unpaired) electrons. The standard InChI is InChI=1S/C4H6N2O2S/c5-1-2-3(7)6-4(8)9-2/h7H,1,5H2,(H,6,8). The predicted octanol–water partition coefficient (Wildman–Crippen LogP) is -0.399. The van der Waals surface area contributed by atoms with Gasteiger partial charge in [-0.1, -0.05) is 11.3 Å². The first-order valence-electron chi connectivity index (χ1n) is 2.35. The quantitative estimate of drug-likeness (QED) is 0.504. The highest BCUT2D eigenvalue weighted by atomic mass is 32.1. The average Bonchev–Trinajstić information content (AvgIpc) is 2.10. The fraction of sp³-hybridized carbons (Fsp3) is 0.250. The summed E-state index contributed by atoms with van der Waals surface area (Å²) in [5.41, 5.74) is 5.16. The average molecular weight is 146 g/mol. The number of aromatic nitrogens is 1. The second-order valence-corrected chi connectivity index (χ2v) is 2.56. The van der Waals surface area contributed by atoms with Gasteiger partial charge in [-0.3, -0.25) is 9.78 Å². The normalized spacial score (nSPS) is 9.89. The lowest BCUT2D eigenvalue weighted by Crippen LogP contribution is -1.92. The van der Waals surface area contributed by atoms with E-state index in [-0.39, 0.29) is 17.3 Å². The van der Waals surface area contributed by atoms with Gasteiger partial charge in [-0.15, -0.1) is 0 Å². The van der Waals surface area contributed by atoms with E-state index in [9.17, 15) is 4.79 Å². The van der Waals surface area contributed by atoms with Gasteiger partial charge in [0.25, 0.3) is 0 Å².